The zero-order valence-electron chi connectivity index (χ0n) is 12.9. The lowest BCUT2D eigenvalue weighted by Crippen LogP contribution is -2.46. The number of ether oxygens (including phenoxy) is 1. The molecule has 2 unspecified atom stereocenters. The van der Waals surface area contributed by atoms with Gasteiger partial charge in [-0.05, 0) is 30.2 Å². The smallest absolute Gasteiger partial charge is 0.118 e. The maximum Gasteiger partial charge on any atom is 0.118 e. The second-order valence-electron chi connectivity index (χ2n) is 6.10. The largest absolute Gasteiger partial charge is 0.497 e. The lowest BCUT2D eigenvalue weighted by atomic mass is 10.1. The zero-order chi connectivity index (χ0) is 14.9. The van der Waals surface area contributed by atoms with Gasteiger partial charge in [-0.1, -0.05) is 12.1 Å². The van der Waals surface area contributed by atoms with Crippen molar-refractivity contribution in [2.75, 3.05) is 38.2 Å². The number of nitrogens with zero attached hydrogens (tertiary/aromatic N) is 3. The van der Waals surface area contributed by atoms with Crippen LogP contribution < -0.4 is 9.64 Å². The average molecular weight is 295 g/mol. The third-order valence-corrected chi connectivity index (χ3v) is 4.82. The molecule has 2 saturated heterocycles. The summed E-state index contributed by atoms with van der Waals surface area (Å²) in [6, 6.07) is 11.1. The highest BCUT2D eigenvalue weighted by Crippen LogP contribution is 2.30. The first-order valence-electron chi connectivity index (χ1n) is 7.92. The number of fused-ring (bicyclic) bond motifs is 2. The highest BCUT2D eigenvalue weighted by Gasteiger charge is 2.32. The molecule has 0 spiro atoms. The first kappa shape index (κ1) is 13.6. The van der Waals surface area contributed by atoms with Gasteiger partial charge in [-0.3, -0.25) is 9.88 Å². The van der Waals surface area contributed by atoms with E-state index in [0.29, 0.717) is 6.04 Å². The Kier molecular flexibility index (Phi) is 3.47. The van der Waals surface area contributed by atoms with Crippen LogP contribution in [0, 0.1) is 0 Å². The van der Waals surface area contributed by atoms with E-state index in [1.807, 2.05) is 24.5 Å². The van der Waals surface area contributed by atoms with E-state index >= 15 is 0 Å². The van der Waals surface area contributed by atoms with Crippen LogP contribution in [0.4, 0.5) is 5.69 Å². The fourth-order valence-electron chi connectivity index (χ4n) is 3.57. The molecule has 22 heavy (non-hydrogen) atoms. The monoisotopic (exact) mass is 295 g/mol. The van der Waals surface area contributed by atoms with Gasteiger partial charge in [-0.2, -0.15) is 0 Å². The number of aromatic nitrogens is 1. The third kappa shape index (κ3) is 2.44. The number of piperazine rings is 1. The maximum atomic E-state index is 5.23. The van der Waals surface area contributed by atoms with Gasteiger partial charge in [-0.15, -0.1) is 0 Å². The van der Waals surface area contributed by atoms with E-state index in [1.165, 1.54) is 42.9 Å². The second-order valence-corrected chi connectivity index (χ2v) is 6.10. The lowest BCUT2D eigenvalue weighted by molar-refractivity contribution is 0.310. The van der Waals surface area contributed by atoms with Crippen LogP contribution in [0.3, 0.4) is 0 Å². The van der Waals surface area contributed by atoms with Crippen molar-refractivity contribution in [2.45, 2.75) is 12.5 Å². The number of benzene rings is 1. The van der Waals surface area contributed by atoms with Crippen molar-refractivity contribution in [2.24, 2.45) is 0 Å². The molecule has 2 fully saturated rings. The molecule has 0 aliphatic carbocycles. The Balaban J connectivity index is 1.62. The summed E-state index contributed by atoms with van der Waals surface area (Å²) in [5.41, 5.74) is 3.60. The van der Waals surface area contributed by atoms with Gasteiger partial charge in [0.1, 0.15) is 5.75 Å². The van der Waals surface area contributed by atoms with E-state index < -0.39 is 0 Å². The SMILES string of the molecule is COc1ccc(-c2cncc(N3CCN4CCC3C4)c2)cc1. The fourth-order valence-corrected chi connectivity index (χ4v) is 3.57. The molecule has 0 saturated carbocycles. The number of hydrogen-bond donors (Lipinski definition) is 0. The number of methoxy groups -OCH3 is 1. The van der Waals surface area contributed by atoms with Crippen molar-refractivity contribution in [3.05, 3.63) is 42.7 Å². The van der Waals surface area contributed by atoms with Crippen molar-refractivity contribution in [3.63, 3.8) is 0 Å². The quantitative estimate of drug-likeness (QED) is 0.870. The third-order valence-electron chi connectivity index (χ3n) is 4.82. The summed E-state index contributed by atoms with van der Waals surface area (Å²) in [6.07, 6.45) is 5.21. The molecule has 3 heterocycles. The van der Waals surface area contributed by atoms with E-state index in [4.69, 9.17) is 4.74 Å². The summed E-state index contributed by atoms with van der Waals surface area (Å²) >= 11 is 0. The van der Waals surface area contributed by atoms with E-state index in [9.17, 15) is 0 Å². The molecule has 2 atom stereocenters. The van der Waals surface area contributed by atoms with Crippen LogP contribution in [0.1, 0.15) is 6.42 Å². The molecule has 114 valence electrons. The van der Waals surface area contributed by atoms with E-state index in [1.54, 1.807) is 7.11 Å². The molecular formula is C18H21N3O. The summed E-state index contributed by atoms with van der Waals surface area (Å²) in [4.78, 5) is 9.56. The Morgan fingerprint density at radius 1 is 1.05 bits per heavy atom. The van der Waals surface area contributed by atoms with Gasteiger partial charge in [0.2, 0.25) is 0 Å². The molecule has 0 amide bonds. The minimum absolute atomic E-state index is 0.654. The Morgan fingerprint density at radius 3 is 2.73 bits per heavy atom. The summed E-state index contributed by atoms with van der Waals surface area (Å²) in [5, 5.41) is 0. The van der Waals surface area contributed by atoms with E-state index in [2.05, 4.69) is 33.0 Å². The van der Waals surface area contributed by atoms with E-state index in [-0.39, 0.29) is 0 Å². The number of hydrogen-bond acceptors (Lipinski definition) is 4. The zero-order valence-corrected chi connectivity index (χ0v) is 12.9. The molecular weight excluding hydrogens is 274 g/mol. The van der Waals surface area contributed by atoms with Crippen molar-refractivity contribution in [3.8, 4) is 16.9 Å². The summed E-state index contributed by atoms with van der Waals surface area (Å²) in [5.74, 6) is 0.884. The van der Waals surface area contributed by atoms with Gasteiger partial charge in [0.25, 0.3) is 0 Å². The number of pyridine rings is 1. The van der Waals surface area contributed by atoms with Gasteiger partial charge in [0.15, 0.2) is 0 Å². The molecule has 2 aliphatic rings. The Hall–Kier alpha value is -2.07. The molecule has 0 N–H and O–H groups in total. The second kappa shape index (κ2) is 5.61. The predicted molar refractivity (Wildman–Crippen MR) is 88.4 cm³/mol. The first-order valence-corrected chi connectivity index (χ1v) is 7.92. The number of rotatable bonds is 3. The standard InChI is InChI=1S/C18H21N3O/c1-22-18-4-2-14(3-5-18)15-10-17(12-19-11-15)21-9-8-20-7-6-16(21)13-20/h2-5,10-12,16H,6-9,13H2,1H3. The summed E-state index contributed by atoms with van der Waals surface area (Å²) in [6.45, 7) is 4.72. The maximum absolute atomic E-state index is 5.23. The molecule has 1 aromatic heterocycles. The Morgan fingerprint density at radius 2 is 1.91 bits per heavy atom. The predicted octanol–water partition coefficient (Wildman–Crippen LogP) is 2.65. The highest BCUT2D eigenvalue weighted by molar-refractivity contribution is 5.68. The van der Waals surface area contributed by atoms with Crippen LogP contribution in [-0.4, -0.2) is 49.2 Å². The van der Waals surface area contributed by atoms with Gasteiger partial charge in [0.05, 0.1) is 19.0 Å². The van der Waals surface area contributed by atoms with Crippen LogP contribution in [-0.2, 0) is 0 Å². The van der Waals surface area contributed by atoms with Crippen LogP contribution in [0.15, 0.2) is 42.7 Å². The molecule has 1 aromatic carbocycles. The molecule has 2 aromatic rings. The van der Waals surface area contributed by atoms with Crippen LogP contribution in [0.2, 0.25) is 0 Å². The normalized spacial score (nSPS) is 23.6. The average Bonchev–Trinajstić information content (AvgIpc) is 2.96. The van der Waals surface area contributed by atoms with Crippen molar-refractivity contribution in [1.29, 1.82) is 0 Å². The summed E-state index contributed by atoms with van der Waals surface area (Å²) < 4.78 is 5.23. The molecule has 4 heteroatoms. The van der Waals surface area contributed by atoms with Crippen LogP contribution >= 0.6 is 0 Å². The molecule has 0 radical (unpaired) electrons. The molecule has 4 rings (SSSR count). The topological polar surface area (TPSA) is 28.6 Å². The Labute approximate surface area is 131 Å². The van der Waals surface area contributed by atoms with Gasteiger partial charge >= 0.3 is 0 Å². The molecule has 2 bridgehead atoms. The van der Waals surface area contributed by atoms with Gasteiger partial charge < -0.3 is 9.64 Å². The fraction of sp³-hybridized carbons (Fsp3) is 0.389. The van der Waals surface area contributed by atoms with Crippen molar-refractivity contribution >= 4 is 5.69 Å². The minimum Gasteiger partial charge on any atom is -0.497 e. The number of anilines is 1. The van der Waals surface area contributed by atoms with Gasteiger partial charge in [0, 0.05) is 44.0 Å². The van der Waals surface area contributed by atoms with Crippen molar-refractivity contribution in [1.82, 2.24) is 9.88 Å². The molecule has 4 nitrogen and oxygen atoms in total. The van der Waals surface area contributed by atoms with Crippen LogP contribution in [0.25, 0.3) is 11.1 Å². The van der Waals surface area contributed by atoms with Crippen LogP contribution in [0.5, 0.6) is 5.75 Å². The first-order chi connectivity index (χ1) is 10.8. The minimum atomic E-state index is 0.654. The summed E-state index contributed by atoms with van der Waals surface area (Å²) in [7, 11) is 1.69. The highest BCUT2D eigenvalue weighted by atomic mass is 16.5. The van der Waals surface area contributed by atoms with Crippen molar-refractivity contribution < 1.29 is 4.74 Å². The lowest BCUT2D eigenvalue weighted by Gasteiger charge is -2.36. The van der Waals surface area contributed by atoms with Gasteiger partial charge in [-0.25, -0.2) is 0 Å². The van der Waals surface area contributed by atoms with E-state index in [0.717, 1.165) is 12.3 Å². The molecule has 2 aliphatic heterocycles. The Bertz CT molecular complexity index is 656.